The lowest BCUT2D eigenvalue weighted by atomic mass is 10.1. The highest BCUT2D eigenvalue weighted by atomic mass is 16.5. The van der Waals surface area contributed by atoms with Crippen molar-refractivity contribution < 1.29 is 14.3 Å². The SMILES string of the molecule is NC[C@@H]1CN(C(=O)C[C@H]2CCCCO2)CCO1. The summed E-state index contributed by atoms with van der Waals surface area (Å²) in [6.07, 6.45) is 3.94. The summed E-state index contributed by atoms with van der Waals surface area (Å²) in [5, 5.41) is 0. The van der Waals surface area contributed by atoms with E-state index in [4.69, 9.17) is 15.2 Å². The van der Waals surface area contributed by atoms with Gasteiger partial charge in [-0.2, -0.15) is 0 Å². The summed E-state index contributed by atoms with van der Waals surface area (Å²) in [7, 11) is 0. The van der Waals surface area contributed by atoms with E-state index in [1.165, 1.54) is 6.42 Å². The van der Waals surface area contributed by atoms with Gasteiger partial charge in [-0.3, -0.25) is 4.79 Å². The summed E-state index contributed by atoms with van der Waals surface area (Å²) in [4.78, 5) is 13.9. The second kappa shape index (κ2) is 6.33. The van der Waals surface area contributed by atoms with E-state index >= 15 is 0 Å². The Kier molecular flexibility index (Phi) is 4.76. The molecule has 0 unspecified atom stereocenters. The highest BCUT2D eigenvalue weighted by Gasteiger charge is 2.26. The summed E-state index contributed by atoms with van der Waals surface area (Å²) < 4.78 is 11.0. The van der Waals surface area contributed by atoms with E-state index in [9.17, 15) is 4.79 Å². The van der Waals surface area contributed by atoms with Crippen LogP contribution in [0.3, 0.4) is 0 Å². The Hall–Kier alpha value is -0.650. The van der Waals surface area contributed by atoms with Crippen molar-refractivity contribution in [2.75, 3.05) is 32.8 Å². The monoisotopic (exact) mass is 242 g/mol. The molecule has 1 amide bonds. The predicted octanol–water partition coefficient (Wildman–Crippen LogP) is 0.132. The Bertz CT molecular complexity index is 254. The third kappa shape index (κ3) is 3.66. The molecule has 2 atom stereocenters. The van der Waals surface area contributed by atoms with Crippen molar-refractivity contribution in [1.29, 1.82) is 0 Å². The molecule has 0 aromatic rings. The molecule has 0 aromatic carbocycles. The quantitative estimate of drug-likeness (QED) is 0.764. The molecule has 2 aliphatic heterocycles. The van der Waals surface area contributed by atoms with Crippen LogP contribution in [0.4, 0.5) is 0 Å². The highest BCUT2D eigenvalue weighted by molar-refractivity contribution is 5.76. The van der Waals surface area contributed by atoms with Gasteiger partial charge >= 0.3 is 0 Å². The van der Waals surface area contributed by atoms with Crippen molar-refractivity contribution in [3.8, 4) is 0 Å². The van der Waals surface area contributed by atoms with Crippen LogP contribution in [-0.4, -0.2) is 55.9 Å². The zero-order valence-corrected chi connectivity index (χ0v) is 10.3. The molecule has 0 spiro atoms. The number of nitrogens with two attached hydrogens (primary N) is 1. The number of hydrogen-bond acceptors (Lipinski definition) is 4. The number of ether oxygens (including phenoxy) is 2. The van der Waals surface area contributed by atoms with Gasteiger partial charge in [-0.1, -0.05) is 0 Å². The fourth-order valence-electron chi connectivity index (χ4n) is 2.38. The van der Waals surface area contributed by atoms with Crippen molar-refractivity contribution >= 4 is 5.91 Å². The lowest BCUT2D eigenvalue weighted by Crippen LogP contribution is -2.48. The fourth-order valence-corrected chi connectivity index (χ4v) is 2.38. The molecule has 0 radical (unpaired) electrons. The van der Waals surface area contributed by atoms with Crippen molar-refractivity contribution in [2.24, 2.45) is 5.73 Å². The van der Waals surface area contributed by atoms with Crippen LogP contribution < -0.4 is 5.73 Å². The summed E-state index contributed by atoms with van der Waals surface area (Å²) in [6.45, 7) is 3.18. The maximum absolute atomic E-state index is 12.1. The van der Waals surface area contributed by atoms with E-state index in [-0.39, 0.29) is 18.1 Å². The molecule has 0 bridgehead atoms. The van der Waals surface area contributed by atoms with Crippen LogP contribution in [0.15, 0.2) is 0 Å². The Balaban J connectivity index is 1.78. The van der Waals surface area contributed by atoms with E-state index in [1.54, 1.807) is 0 Å². The molecule has 0 aromatic heterocycles. The molecule has 2 N–H and O–H groups in total. The van der Waals surface area contributed by atoms with Gasteiger partial charge in [0.05, 0.1) is 25.2 Å². The molecule has 2 aliphatic rings. The van der Waals surface area contributed by atoms with Gasteiger partial charge in [0.1, 0.15) is 0 Å². The third-order valence-electron chi connectivity index (χ3n) is 3.43. The number of nitrogens with zero attached hydrogens (tertiary/aromatic N) is 1. The Morgan fingerprint density at radius 3 is 2.76 bits per heavy atom. The van der Waals surface area contributed by atoms with E-state index < -0.39 is 0 Å². The molecule has 2 fully saturated rings. The largest absolute Gasteiger partial charge is 0.378 e. The van der Waals surface area contributed by atoms with Crippen LogP contribution in [0.5, 0.6) is 0 Å². The standard InChI is InChI=1S/C12H22N2O3/c13-8-11-9-14(4-6-17-11)12(15)7-10-3-1-2-5-16-10/h10-11H,1-9,13H2/t10-,11-/m1/s1. The molecule has 2 heterocycles. The van der Waals surface area contributed by atoms with Gasteiger partial charge < -0.3 is 20.1 Å². The Labute approximate surface area is 102 Å². The first kappa shape index (κ1) is 12.8. The van der Waals surface area contributed by atoms with Crippen molar-refractivity contribution in [3.05, 3.63) is 0 Å². The topological polar surface area (TPSA) is 64.8 Å². The lowest BCUT2D eigenvalue weighted by Gasteiger charge is -2.33. The average Bonchev–Trinajstić information content (AvgIpc) is 2.40. The van der Waals surface area contributed by atoms with Gasteiger partial charge in [0, 0.05) is 26.2 Å². The van der Waals surface area contributed by atoms with Crippen LogP contribution >= 0.6 is 0 Å². The van der Waals surface area contributed by atoms with Crippen LogP contribution in [-0.2, 0) is 14.3 Å². The molecule has 5 heteroatoms. The average molecular weight is 242 g/mol. The van der Waals surface area contributed by atoms with E-state index in [1.807, 2.05) is 4.90 Å². The van der Waals surface area contributed by atoms with Crippen LogP contribution in [0.25, 0.3) is 0 Å². The van der Waals surface area contributed by atoms with Gasteiger partial charge in [-0.25, -0.2) is 0 Å². The maximum atomic E-state index is 12.1. The van der Waals surface area contributed by atoms with Crippen molar-refractivity contribution in [2.45, 2.75) is 37.9 Å². The van der Waals surface area contributed by atoms with Gasteiger partial charge in [0.25, 0.3) is 0 Å². The number of carbonyl (C=O) groups excluding carboxylic acids is 1. The smallest absolute Gasteiger partial charge is 0.225 e. The summed E-state index contributed by atoms with van der Waals surface area (Å²) in [6, 6.07) is 0. The van der Waals surface area contributed by atoms with E-state index in [0.29, 0.717) is 32.7 Å². The van der Waals surface area contributed by atoms with Crippen LogP contribution in [0.1, 0.15) is 25.7 Å². The first-order valence-corrected chi connectivity index (χ1v) is 6.50. The molecule has 17 heavy (non-hydrogen) atoms. The minimum absolute atomic E-state index is 0.0000239. The van der Waals surface area contributed by atoms with Crippen molar-refractivity contribution in [3.63, 3.8) is 0 Å². The first-order valence-electron chi connectivity index (χ1n) is 6.50. The van der Waals surface area contributed by atoms with Gasteiger partial charge in [-0.05, 0) is 19.3 Å². The first-order chi connectivity index (χ1) is 8.29. The summed E-state index contributed by atoms with van der Waals surface area (Å²) >= 11 is 0. The van der Waals surface area contributed by atoms with E-state index in [0.717, 1.165) is 19.4 Å². The fraction of sp³-hybridized carbons (Fsp3) is 0.917. The predicted molar refractivity (Wildman–Crippen MR) is 63.6 cm³/mol. The lowest BCUT2D eigenvalue weighted by molar-refractivity contribution is -0.142. The van der Waals surface area contributed by atoms with Crippen LogP contribution in [0, 0.1) is 0 Å². The third-order valence-corrected chi connectivity index (χ3v) is 3.43. The van der Waals surface area contributed by atoms with E-state index in [2.05, 4.69) is 0 Å². The summed E-state index contributed by atoms with van der Waals surface area (Å²) in [5.41, 5.74) is 5.56. The normalized spacial score (nSPS) is 30.3. The highest BCUT2D eigenvalue weighted by Crippen LogP contribution is 2.17. The molecule has 0 saturated carbocycles. The Morgan fingerprint density at radius 1 is 1.24 bits per heavy atom. The minimum Gasteiger partial charge on any atom is -0.378 e. The zero-order valence-electron chi connectivity index (χ0n) is 10.3. The van der Waals surface area contributed by atoms with Crippen LogP contribution in [0.2, 0.25) is 0 Å². The molecule has 2 rings (SSSR count). The molecular formula is C12H22N2O3. The van der Waals surface area contributed by atoms with Crippen molar-refractivity contribution in [1.82, 2.24) is 4.90 Å². The Morgan fingerprint density at radius 2 is 2.06 bits per heavy atom. The minimum atomic E-state index is -0.0000239. The van der Waals surface area contributed by atoms with Gasteiger partial charge in [0.15, 0.2) is 0 Å². The number of hydrogen-bond donors (Lipinski definition) is 1. The second-order valence-corrected chi connectivity index (χ2v) is 4.76. The number of rotatable bonds is 3. The van der Waals surface area contributed by atoms with Gasteiger partial charge in [-0.15, -0.1) is 0 Å². The number of morpholine rings is 1. The summed E-state index contributed by atoms with van der Waals surface area (Å²) in [5.74, 6) is 0.179. The molecule has 0 aliphatic carbocycles. The molecule has 5 nitrogen and oxygen atoms in total. The second-order valence-electron chi connectivity index (χ2n) is 4.76. The number of carbonyl (C=O) groups is 1. The zero-order chi connectivity index (χ0) is 12.1. The maximum Gasteiger partial charge on any atom is 0.225 e. The number of amides is 1. The van der Waals surface area contributed by atoms with Gasteiger partial charge in [0.2, 0.25) is 5.91 Å². The molecule has 2 saturated heterocycles. The molecular weight excluding hydrogens is 220 g/mol. The molecule has 98 valence electrons.